The van der Waals surface area contributed by atoms with E-state index in [4.69, 9.17) is 4.98 Å². The number of nitrogens with zero attached hydrogens (tertiary/aromatic N) is 2. The third-order valence-corrected chi connectivity index (χ3v) is 4.65. The van der Waals surface area contributed by atoms with Crippen molar-refractivity contribution >= 4 is 17.6 Å². The number of hydrogen-bond donors (Lipinski definition) is 1. The highest BCUT2D eigenvalue weighted by Gasteiger charge is 2.28. The normalized spacial score (nSPS) is 16.7. The van der Waals surface area contributed by atoms with E-state index >= 15 is 0 Å². The first-order valence-corrected chi connectivity index (χ1v) is 7.82. The molecule has 0 saturated heterocycles. The molecule has 1 aliphatic carbocycles. The monoisotopic (exact) mass is 265 g/mol. The van der Waals surface area contributed by atoms with Crippen LogP contribution in [0.25, 0.3) is 0 Å². The summed E-state index contributed by atoms with van der Waals surface area (Å²) in [5.41, 5.74) is 1.20. The number of hydrogen-bond acceptors (Lipinski definition) is 4. The van der Waals surface area contributed by atoms with Crippen molar-refractivity contribution in [3.63, 3.8) is 0 Å². The summed E-state index contributed by atoms with van der Waals surface area (Å²) in [5.74, 6) is 2.68. The minimum Gasteiger partial charge on any atom is -0.370 e. The lowest BCUT2D eigenvalue weighted by Gasteiger charge is -2.15. The molecule has 1 aromatic heterocycles. The van der Waals surface area contributed by atoms with Crippen LogP contribution in [-0.2, 0) is 0 Å². The minimum absolute atomic E-state index is 0.610. The fourth-order valence-electron chi connectivity index (χ4n) is 1.76. The van der Waals surface area contributed by atoms with Crippen molar-refractivity contribution in [3.8, 4) is 0 Å². The molecule has 0 aromatic carbocycles. The van der Waals surface area contributed by atoms with E-state index in [0.29, 0.717) is 11.2 Å². The Morgan fingerprint density at radius 1 is 1.33 bits per heavy atom. The number of nitrogens with one attached hydrogen (secondary N) is 1. The molecule has 18 heavy (non-hydrogen) atoms. The Labute approximate surface area is 114 Å². The molecule has 1 aliphatic rings. The van der Waals surface area contributed by atoms with E-state index in [2.05, 4.69) is 38.0 Å². The van der Waals surface area contributed by atoms with Gasteiger partial charge in [-0.1, -0.05) is 13.8 Å². The quantitative estimate of drug-likeness (QED) is 0.623. The largest absolute Gasteiger partial charge is 0.370 e. The smallest absolute Gasteiger partial charge is 0.135 e. The molecule has 0 aliphatic heterocycles. The van der Waals surface area contributed by atoms with E-state index in [1.165, 1.54) is 24.8 Å². The molecule has 0 bridgehead atoms. The first-order valence-electron chi connectivity index (χ1n) is 6.94. The molecule has 4 heteroatoms. The fourth-order valence-corrected chi connectivity index (χ4v) is 2.73. The van der Waals surface area contributed by atoms with Gasteiger partial charge in [-0.25, -0.2) is 9.97 Å². The van der Waals surface area contributed by atoms with Gasteiger partial charge in [0.2, 0.25) is 0 Å². The topological polar surface area (TPSA) is 37.8 Å². The predicted molar refractivity (Wildman–Crippen MR) is 78.5 cm³/mol. The molecule has 1 unspecified atom stereocenters. The minimum atomic E-state index is 0.610. The Hall–Kier alpha value is -0.770. The molecule has 3 nitrogen and oxygen atoms in total. The van der Waals surface area contributed by atoms with Gasteiger partial charge in [0.25, 0.3) is 0 Å². The Bertz CT molecular complexity index is 416. The van der Waals surface area contributed by atoms with Gasteiger partial charge < -0.3 is 5.32 Å². The maximum atomic E-state index is 4.78. The maximum Gasteiger partial charge on any atom is 0.135 e. The second-order valence-corrected chi connectivity index (χ2v) is 6.43. The van der Waals surface area contributed by atoms with Gasteiger partial charge in [0.05, 0.1) is 0 Å². The van der Waals surface area contributed by atoms with Crippen molar-refractivity contribution < 1.29 is 0 Å². The van der Waals surface area contributed by atoms with Crippen molar-refractivity contribution in [2.24, 2.45) is 0 Å². The zero-order valence-electron chi connectivity index (χ0n) is 11.8. The van der Waals surface area contributed by atoms with Crippen LogP contribution in [0.15, 0.2) is 5.03 Å². The molecule has 2 rings (SSSR count). The molecular weight excluding hydrogens is 242 g/mol. The second kappa shape index (κ2) is 5.91. The van der Waals surface area contributed by atoms with Crippen molar-refractivity contribution in [2.45, 2.75) is 63.2 Å². The Morgan fingerprint density at radius 2 is 2.06 bits per heavy atom. The van der Waals surface area contributed by atoms with Crippen molar-refractivity contribution in [2.75, 3.05) is 11.9 Å². The van der Waals surface area contributed by atoms with E-state index in [-0.39, 0.29) is 0 Å². The van der Waals surface area contributed by atoms with E-state index in [1.54, 1.807) is 0 Å². The standard InChI is InChI=1S/C14H23N3S/c1-5-9(3)18-14-10(4)12(15-6-2)16-13(17-14)11-7-8-11/h9,11H,5-8H2,1-4H3,(H,15,16,17). The zero-order valence-corrected chi connectivity index (χ0v) is 12.6. The van der Waals surface area contributed by atoms with Crippen molar-refractivity contribution in [3.05, 3.63) is 11.4 Å². The molecule has 1 fully saturated rings. The molecule has 1 aromatic rings. The van der Waals surface area contributed by atoms with E-state index in [9.17, 15) is 0 Å². The van der Waals surface area contributed by atoms with Crippen LogP contribution in [0.5, 0.6) is 0 Å². The van der Waals surface area contributed by atoms with Crippen LogP contribution < -0.4 is 5.32 Å². The fraction of sp³-hybridized carbons (Fsp3) is 0.714. The van der Waals surface area contributed by atoms with E-state index < -0.39 is 0 Å². The molecule has 100 valence electrons. The lowest BCUT2D eigenvalue weighted by atomic mass is 10.3. The van der Waals surface area contributed by atoms with Crippen LogP contribution >= 0.6 is 11.8 Å². The average molecular weight is 265 g/mol. The van der Waals surface area contributed by atoms with Gasteiger partial charge in [-0.3, -0.25) is 0 Å². The van der Waals surface area contributed by atoms with Crippen LogP contribution in [0.3, 0.4) is 0 Å². The van der Waals surface area contributed by atoms with E-state index in [0.717, 1.165) is 23.2 Å². The van der Waals surface area contributed by atoms with Gasteiger partial charge in [0.15, 0.2) is 0 Å². The van der Waals surface area contributed by atoms with Gasteiger partial charge in [0.1, 0.15) is 16.7 Å². The lowest BCUT2D eigenvalue weighted by molar-refractivity contribution is 0.849. The van der Waals surface area contributed by atoms with Gasteiger partial charge in [-0.2, -0.15) is 0 Å². The SMILES string of the molecule is CCNc1nc(C2CC2)nc(SC(C)CC)c1C. The lowest BCUT2D eigenvalue weighted by Crippen LogP contribution is -2.08. The first kappa shape index (κ1) is 13.7. The van der Waals surface area contributed by atoms with Crippen LogP contribution in [-0.4, -0.2) is 21.8 Å². The Balaban J connectivity index is 2.29. The first-order chi connectivity index (χ1) is 8.65. The van der Waals surface area contributed by atoms with E-state index in [1.807, 2.05) is 11.8 Å². The number of aromatic nitrogens is 2. The summed E-state index contributed by atoms with van der Waals surface area (Å²) < 4.78 is 0. The number of anilines is 1. The maximum absolute atomic E-state index is 4.78. The van der Waals surface area contributed by atoms with Crippen LogP contribution in [0.2, 0.25) is 0 Å². The summed E-state index contributed by atoms with van der Waals surface area (Å²) in [6, 6.07) is 0. The van der Waals surface area contributed by atoms with Gasteiger partial charge in [0, 0.05) is 23.3 Å². The highest BCUT2D eigenvalue weighted by molar-refractivity contribution is 7.99. The molecule has 0 radical (unpaired) electrons. The third-order valence-electron chi connectivity index (χ3n) is 3.29. The molecular formula is C14H23N3S. The number of thioether (sulfide) groups is 1. The predicted octanol–water partition coefficient (Wildman–Crippen LogP) is 3.98. The molecule has 1 saturated carbocycles. The Kier molecular flexibility index (Phi) is 4.49. The average Bonchev–Trinajstić information content (AvgIpc) is 3.18. The molecule has 1 atom stereocenters. The molecule has 0 spiro atoms. The summed E-state index contributed by atoms with van der Waals surface area (Å²) in [6.45, 7) is 9.63. The second-order valence-electron chi connectivity index (χ2n) is 5.00. The summed E-state index contributed by atoms with van der Waals surface area (Å²) in [5, 5.41) is 5.14. The van der Waals surface area contributed by atoms with Crippen LogP contribution in [0.4, 0.5) is 5.82 Å². The van der Waals surface area contributed by atoms with Gasteiger partial charge >= 0.3 is 0 Å². The van der Waals surface area contributed by atoms with Gasteiger partial charge in [-0.05, 0) is 33.1 Å². The summed E-state index contributed by atoms with van der Waals surface area (Å²) in [6.07, 6.45) is 3.67. The third kappa shape index (κ3) is 3.16. The zero-order chi connectivity index (χ0) is 13.1. The molecule has 0 amide bonds. The van der Waals surface area contributed by atoms with Crippen molar-refractivity contribution in [1.82, 2.24) is 9.97 Å². The summed E-state index contributed by atoms with van der Waals surface area (Å²) >= 11 is 1.88. The molecule has 1 N–H and O–H groups in total. The van der Waals surface area contributed by atoms with Gasteiger partial charge in [-0.15, -0.1) is 11.8 Å². The Morgan fingerprint density at radius 3 is 2.61 bits per heavy atom. The summed E-state index contributed by atoms with van der Waals surface area (Å²) in [4.78, 5) is 9.46. The highest BCUT2D eigenvalue weighted by atomic mass is 32.2. The molecule has 1 heterocycles. The highest BCUT2D eigenvalue weighted by Crippen LogP contribution is 2.40. The van der Waals surface area contributed by atoms with Crippen LogP contribution in [0.1, 0.15) is 57.3 Å². The number of rotatable bonds is 6. The van der Waals surface area contributed by atoms with Crippen molar-refractivity contribution in [1.29, 1.82) is 0 Å². The summed E-state index contributed by atoms with van der Waals surface area (Å²) in [7, 11) is 0. The van der Waals surface area contributed by atoms with Crippen LogP contribution in [0, 0.1) is 6.92 Å².